The minimum Gasteiger partial charge on any atom is -0.366 e. The van der Waals surface area contributed by atoms with Crippen molar-refractivity contribution in [3.05, 3.63) is 35.8 Å². The molecule has 1 fully saturated rings. The number of primary amides is 1. The molecule has 3 aliphatic heterocycles. The summed E-state index contributed by atoms with van der Waals surface area (Å²) in [6.07, 6.45) is 11.5. The summed E-state index contributed by atoms with van der Waals surface area (Å²) in [6.45, 7) is 3.01. The molecule has 96 valence electrons. The van der Waals surface area contributed by atoms with E-state index >= 15 is 0 Å². The van der Waals surface area contributed by atoms with Crippen molar-refractivity contribution in [3.8, 4) is 0 Å². The van der Waals surface area contributed by atoms with Gasteiger partial charge in [-0.2, -0.15) is 5.01 Å². The van der Waals surface area contributed by atoms with Gasteiger partial charge in [-0.15, -0.1) is 0 Å². The number of nitrogens with two attached hydrogens (primary N) is 1. The third-order valence-corrected chi connectivity index (χ3v) is 3.57. The van der Waals surface area contributed by atoms with E-state index < -0.39 is 0 Å². The summed E-state index contributed by atoms with van der Waals surface area (Å²) >= 11 is 0. The molecule has 3 rings (SSSR count). The average Bonchev–Trinajstić information content (AvgIpc) is 2.35. The third-order valence-electron chi connectivity index (χ3n) is 3.57. The normalized spacial score (nSPS) is 26.8. The van der Waals surface area contributed by atoms with E-state index in [2.05, 4.69) is 21.1 Å². The van der Waals surface area contributed by atoms with Crippen LogP contribution in [0.15, 0.2) is 35.8 Å². The van der Waals surface area contributed by atoms with Gasteiger partial charge in [0.2, 0.25) is 5.91 Å². The Morgan fingerprint density at radius 3 is 2.78 bits per heavy atom. The molecule has 18 heavy (non-hydrogen) atoms. The maximum absolute atomic E-state index is 11.3. The lowest BCUT2D eigenvalue weighted by Crippen LogP contribution is -2.50. The predicted molar refractivity (Wildman–Crippen MR) is 68.5 cm³/mol. The minimum absolute atomic E-state index is 0.375. The summed E-state index contributed by atoms with van der Waals surface area (Å²) in [5.74, 6) is -0.375. The van der Waals surface area contributed by atoms with Crippen LogP contribution >= 0.6 is 0 Å². The van der Waals surface area contributed by atoms with Crippen LogP contribution in [0.5, 0.6) is 0 Å². The first-order valence-corrected chi connectivity index (χ1v) is 6.44. The number of allylic oxidation sites excluding steroid dienone is 1. The largest absolute Gasteiger partial charge is 0.366 e. The smallest absolute Gasteiger partial charge is 0.250 e. The number of fused-ring (bicyclic) bond motifs is 4. The Kier molecular flexibility index (Phi) is 2.83. The van der Waals surface area contributed by atoms with Crippen LogP contribution in [0, 0.1) is 0 Å². The van der Waals surface area contributed by atoms with Gasteiger partial charge in [-0.05, 0) is 25.0 Å². The van der Waals surface area contributed by atoms with Crippen LogP contribution < -0.4 is 5.73 Å². The van der Waals surface area contributed by atoms with Crippen LogP contribution in [0.2, 0.25) is 0 Å². The van der Waals surface area contributed by atoms with Crippen molar-refractivity contribution in [1.82, 2.24) is 14.9 Å². The molecule has 0 aromatic carbocycles. The van der Waals surface area contributed by atoms with Crippen molar-refractivity contribution in [2.75, 3.05) is 19.8 Å². The minimum atomic E-state index is -0.375. The lowest BCUT2D eigenvalue weighted by molar-refractivity contribution is -0.114. The van der Waals surface area contributed by atoms with Gasteiger partial charge < -0.3 is 10.6 Å². The Hall–Kier alpha value is -1.75. The van der Waals surface area contributed by atoms with Crippen molar-refractivity contribution in [2.45, 2.75) is 19.3 Å². The van der Waals surface area contributed by atoms with Crippen LogP contribution in [0.4, 0.5) is 0 Å². The second kappa shape index (κ2) is 4.49. The highest BCUT2D eigenvalue weighted by Crippen LogP contribution is 2.26. The Bertz CT molecular complexity index is 452. The fourth-order valence-electron chi connectivity index (χ4n) is 2.60. The van der Waals surface area contributed by atoms with E-state index in [1.807, 2.05) is 12.3 Å². The molecule has 1 saturated heterocycles. The molecule has 5 heteroatoms. The lowest BCUT2D eigenvalue weighted by Gasteiger charge is -2.44. The summed E-state index contributed by atoms with van der Waals surface area (Å²) < 4.78 is 0. The molecule has 0 aromatic rings. The summed E-state index contributed by atoms with van der Waals surface area (Å²) in [5.41, 5.74) is 7.00. The molecular formula is C13H18N4O. The Morgan fingerprint density at radius 1 is 1.11 bits per heavy atom. The van der Waals surface area contributed by atoms with Gasteiger partial charge in [0.05, 0.1) is 17.9 Å². The molecule has 0 saturated carbocycles. The van der Waals surface area contributed by atoms with Gasteiger partial charge >= 0.3 is 0 Å². The monoisotopic (exact) mass is 246 g/mol. The Balaban J connectivity index is 1.91. The van der Waals surface area contributed by atoms with E-state index in [-0.39, 0.29) is 5.91 Å². The van der Waals surface area contributed by atoms with Crippen LogP contribution in [-0.4, -0.2) is 40.6 Å². The van der Waals surface area contributed by atoms with Crippen LogP contribution in [0.25, 0.3) is 0 Å². The molecule has 0 spiro atoms. The van der Waals surface area contributed by atoms with Crippen LogP contribution in [0.3, 0.4) is 0 Å². The number of carbonyl (C=O) groups excluding carboxylic acids is 1. The topological polar surface area (TPSA) is 52.8 Å². The molecule has 0 radical (unpaired) electrons. The predicted octanol–water partition coefficient (Wildman–Crippen LogP) is 0.743. The molecule has 1 amide bonds. The van der Waals surface area contributed by atoms with Gasteiger partial charge in [-0.3, -0.25) is 9.80 Å². The van der Waals surface area contributed by atoms with Gasteiger partial charge in [0, 0.05) is 25.5 Å². The molecule has 2 bridgehead atoms. The first kappa shape index (κ1) is 11.3. The summed E-state index contributed by atoms with van der Waals surface area (Å²) in [6, 6.07) is 0. The van der Waals surface area contributed by atoms with Crippen molar-refractivity contribution in [3.63, 3.8) is 0 Å². The number of nitrogens with zero attached hydrogens (tertiary/aromatic N) is 3. The van der Waals surface area contributed by atoms with Crippen LogP contribution in [-0.2, 0) is 4.79 Å². The summed E-state index contributed by atoms with van der Waals surface area (Å²) in [4.78, 5) is 13.6. The molecular weight excluding hydrogens is 228 g/mol. The molecule has 0 aromatic heterocycles. The number of hydrogen-bond donors (Lipinski definition) is 1. The third kappa shape index (κ3) is 2.01. The second-order valence-corrected chi connectivity index (χ2v) is 4.93. The maximum Gasteiger partial charge on any atom is 0.250 e. The molecule has 1 atom stereocenters. The maximum atomic E-state index is 11.3. The lowest BCUT2D eigenvalue weighted by atomic mass is 10.1. The highest BCUT2D eigenvalue weighted by Gasteiger charge is 2.26. The number of hydrazine groups is 1. The van der Waals surface area contributed by atoms with Crippen molar-refractivity contribution >= 4 is 5.91 Å². The first-order valence-electron chi connectivity index (χ1n) is 6.44. The average molecular weight is 246 g/mol. The van der Waals surface area contributed by atoms with Crippen molar-refractivity contribution in [1.29, 1.82) is 0 Å². The van der Waals surface area contributed by atoms with E-state index in [4.69, 9.17) is 5.73 Å². The molecule has 3 aliphatic rings. The zero-order valence-electron chi connectivity index (χ0n) is 10.4. The molecule has 5 nitrogen and oxygen atoms in total. The van der Waals surface area contributed by atoms with E-state index in [9.17, 15) is 4.79 Å². The molecule has 1 unspecified atom stereocenters. The van der Waals surface area contributed by atoms with E-state index in [1.54, 1.807) is 6.08 Å². The van der Waals surface area contributed by atoms with E-state index in [0.717, 1.165) is 25.5 Å². The first-order chi connectivity index (χ1) is 8.74. The highest BCUT2D eigenvalue weighted by molar-refractivity contribution is 5.95. The number of hydrogen-bond acceptors (Lipinski definition) is 4. The number of carbonyl (C=O) groups is 1. The van der Waals surface area contributed by atoms with Gasteiger partial charge in [0.1, 0.15) is 0 Å². The Labute approximate surface area is 107 Å². The van der Waals surface area contributed by atoms with Crippen molar-refractivity contribution in [2.24, 2.45) is 5.73 Å². The van der Waals surface area contributed by atoms with E-state index in [0.29, 0.717) is 5.57 Å². The van der Waals surface area contributed by atoms with Gasteiger partial charge in [0.25, 0.3) is 0 Å². The van der Waals surface area contributed by atoms with Gasteiger partial charge in [-0.25, -0.2) is 0 Å². The number of amides is 1. The zero-order valence-corrected chi connectivity index (χ0v) is 10.4. The Morgan fingerprint density at radius 2 is 1.94 bits per heavy atom. The van der Waals surface area contributed by atoms with E-state index in [1.165, 1.54) is 19.3 Å². The van der Waals surface area contributed by atoms with Gasteiger partial charge in [-0.1, -0.05) is 6.42 Å². The molecule has 3 heterocycles. The van der Waals surface area contributed by atoms with Crippen molar-refractivity contribution < 1.29 is 4.79 Å². The second-order valence-electron chi connectivity index (χ2n) is 4.93. The zero-order chi connectivity index (χ0) is 12.5. The van der Waals surface area contributed by atoms with Gasteiger partial charge in [0.15, 0.2) is 0 Å². The molecule has 2 N–H and O–H groups in total. The molecule has 0 aliphatic carbocycles. The SMILES string of the molecule is NC(=O)C1=CN2C(=CN3CCCCCN2C3)C=C1. The summed E-state index contributed by atoms with van der Waals surface area (Å²) in [7, 11) is 0. The summed E-state index contributed by atoms with van der Waals surface area (Å²) in [5, 5.41) is 4.32. The fourth-order valence-corrected chi connectivity index (χ4v) is 2.60. The standard InChI is InChI=1S/C13H18N4O/c14-13(18)11-4-5-12-9-15-6-2-1-3-7-16(10-15)17(12)8-11/h4-5,8-9H,1-3,6-7,10H2,(H2,14,18). The highest BCUT2D eigenvalue weighted by atomic mass is 16.1. The fraction of sp³-hybridized carbons (Fsp3) is 0.462. The number of rotatable bonds is 1. The van der Waals surface area contributed by atoms with Crippen LogP contribution in [0.1, 0.15) is 19.3 Å². The quantitative estimate of drug-likeness (QED) is 0.741.